The fourth-order valence-corrected chi connectivity index (χ4v) is 1.82. The Kier molecular flexibility index (Phi) is 4.30. The van der Waals surface area contributed by atoms with E-state index in [1.54, 1.807) is 0 Å². The number of benzene rings is 1. The molecule has 0 saturated carbocycles. The molecule has 0 bridgehead atoms. The third-order valence-corrected chi connectivity index (χ3v) is 2.81. The molecule has 0 spiro atoms. The topological polar surface area (TPSA) is 76.0 Å². The Labute approximate surface area is 105 Å². The number of aliphatic hydroxyl groups is 2. The minimum atomic E-state index is -1.43. The van der Waals surface area contributed by atoms with E-state index in [1.807, 2.05) is 30.3 Å². The van der Waals surface area contributed by atoms with Crippen LogP contribution in [0.25, 0.3) is 0 Å². The predicted octanol–water partition coefficient (Wildman–Crippen LogP) is 0.240. The average molecular weight is 252 g/mol. The van der Waals surface area contributed by atoms with Crippen molar-refractivity contribution in [2.24, 2.45) is 0 Å². The van der Waals surface area contributed by atoms with Gasteiger partial charge in [-0.3, -0.25) is 0 Å². The molecule has 1 aromatic rings. The number of carbonyl (C=O) groups excluding carboxylic acids is 1. The maximum Gasteiger partial charge on any atom is 0.338 e. The van der Waals surface area contributed by atoms with Crippen molar-refractivity contribution in [1.82, 2.24) is 0 Å². The minimum absolute atomic E-state index is 0.196. The SMILES string of the molecule is O=C1O[C@H](COCc2ccccc2)C[C@@H](O)[C@H]1O. The first-order valence-corrected chi connectivity index (χ1v) is 5.85. The zero-order valence-corrected chi connectivity index (χ0v) is 9.86. The van der Waals surface area contributed by atoms with Crippen molar-refractivity contribution in [2.45, 2.75) is 31.3 Å². The molecule has 1 heterocycles. The first kappa shape index (κ1) is 13.0. The van der Waals surface area contributed by atoms with Gasteiger partial charge in [0, 0.05) is 6.42 Å². The summed E-state index contributed by atoms with van der Waals surface area (Å²) < 4.78 is 10.4. The molecule has 0 radical (unpaired) electrons. The highest BCUT2D eigenvalue weighted by Crippen LogP contribution is 2.16. The van der Waals surface area contributed by atoms with Gasteiger partial charge in [-0.05, 0) is 5.56 Å². The van der Waals surface area contributed by atoms with Crippen molar-refractivity contribution >= 4 is 5.97 Å². The standard InChI is InChI=1S/C13H16O5/c14-11-6-10(18-13(16)12(11)15)8-17-7-9-4-2-1-3-5-9/h1-5,10-12,14-15H,6-8H2/t10-,11+,12+/m0/s1. The molecule has 2 N–H and O–H groups in total. The van der Waals surface area contributed by atoms with Gasteiger partial charge >= 0.3 is 5.97 Å². The molecule has 5 heteroatoms. The maximum absolute atomic E-state index is 11.2. The summed E-state index contributed by atoms with van der Waals surface area (Å²) in [5.41, 5.74) is 1.03. The highest BCUT2D eigenvalue weighted by atomic mass is 16.6. The van der Waals surface area contributed by atoms with Crippen LogP contribution in [0.3, 0.4) is 0 Å². The van der Waals surface area contributed by atoms with Gasteiger partial charge in [-0.1, -0.05) is 30.3 Å². The van der Waals surface area contributed by atoms with Gasteiger partial charge in [-0.2, -0.15) is 0 Å². The van der Waals surface area contributed by atoms with Gasteiger partial charge in [0.05, 0.1) is 19.3 Å². The van der Waals surface area contributed by atoms with Crippen molar-refractivity contribution in [3.63, 3.8) is 0 Å². The first-order valence-electron chi connectivity index (χ1n) is 5.85. The van der Waals surface area contributed by atoms with Crippen LogP contribution >= 0.6 is 0 Å². The van der Waals surface area contributed by atoms with E-state index in [0.29, 0.717) is 6.61 Å². The maximum atomic E-state index is 11.2. The Morgan fingerprint density at radius 1 is 1.28 bits per heavy atom. The quantitative estimate of drug-likeness (QED) is 0.751. The van der Waals surface area contributed by atoms with E-state index < -0.39 is 24.3 Å². The van der Waals surface area contributed by atoms with Crippen LogP contribution in [0.15, 0.2) is 30.3 Å². The number of hydrogen-bond donors (Lipinski definition) is 2. The minimum Gasteiger partial charge on any atom is -0.458 e. The highest BCUT2D eigenvalue weighted by Gasteiger charge is 2.35. The van der Waals surface area contributed by atoms with E-state index in [9.17, 15) is 15.0 Å². The Morgan fingerprint density at radius 3 is 2.67 bits per heavy atom. The van der Waals surface area contributed by atoms with Crippen LogP contribution in [-0.4, -0.2) is 41.1 Å². The number of rotatable bonds is 4. The number of ether oxygens (including phenoxy) is 2. The largest absolute Gasteiger partial charge is 0.458 e. The Morgan fingerprint density at radius 2 is 2.00 bits per heavy atom. The molecule has 2 rings (SSSR count). The molecule has 5 nitrogen and oxygen atoms in total. The van der Waals surface area contributed by atoms with E-state index in [0.717, 1.165) is 5.56 Å². The molecule has 1 saturated heterocycles. The smallest absolute Gasteiger partial charge is 0.338 e. The zero-order valence-electron chi connectivity index (χ0n) is 9.86. The summed E-state index contributed by atoms with van der Waals surface area (Å²) in [4.78, 5) is 11.2. The van der Waals surface area contributed by atoms with Crippen molar-refractivity contribution in [3.05, 3.63) is 35.9 Å². The fourth-order valence-electron chi connectivity index (χ4n) is 1.82. The molecule has 3 atom stereocenters. The van der Waals surface area contributed by atoms with E-state index in [-0.39, 0.29) is 13.0 Å². The van der Waals surface area contributed by atoms with Gasteiger partial charge < -0.3 is 19.7 Å². The number of carbonyl (C=O) groups is 1. The molecule has 1 aliphatic heterocycles. The van der Waals surface area contributed by atoms with Gasteiger partial charge in [0.2, 0.25) is 0 Å². The van der Waals surface area contributed by atoms with Gasteiger partial charge in [0.15, 0.2) is 6.10 Å². The van der Waals surface area contributed by atoms with E-state index in [1.165, 1.54) is 0 Å². The fraction of sp³-hybridized carbons (Fsp3) is 0.462. The summed E-state index contributed by atoms with van der Waals surface area (Å²) in [6.45, 7) is 0.637. The Bertz CT molecular complexity index is 392. The Hall–Kier alpha value is -1.43. The van der Waals surface area contributed by atoms with Crippen LogP contribution in [0.5, 0.6) is 0 Å². The lowest BCUT2D eigenvalue weighted by Gasteiger charge is -2.29. The summed E-state index contributed by atoms with van der Waals surface area (Å²) in [6, 6.07) is 9.63. The second kappa shape index (κ2) is 5.95. The molecule has 1 aromatic carbocycles. The van der Waals surface area contributed by atoms with Crippen molar-refractivity contribution < 1.29 is 24.5 Å². The average Bonchev–Trinajstić information content (AvgIpc) is 2.37. The summed E-state index contributed by atoms with van der Waals surface area (Å²) in [5.74, 6) is -0.790. The summed E-state index contributed by atoms with van der Waals surface area (Å²) >= 11 is 0. The van der Waals surface area contributed by atoms with Crippen LogP contribution < -0.4 is 0 Å². The monoisotopic (exact) mass is 252 g/mol. The van der Waals surface area contributed by atoms with Gasteiger partial charge in [0.25, 0.3) is 0 Å². The molecule has 18 heavy (non-hydrogen) atoms. The van der Waals surface area contributed by atoms with E-state index in [4.69, 9.17) is 9.47 Å². The van der Waals surface area contributed by atoms with E-state index in [2.05, 4.69) is 0 Å². The molecule has 0 unspecified atom stereocenters. The highest BCUT2D eigenvalue weighted by molar-refractivity contribution is 5.76. The second-order valence-electron chi connectivity index (χ2n) is 4.31. The number of hydrogen-bond acceptors (Lipinski definition) is 5. The second-order valence-corrected chi connectivity index (χ2v) is 4.31. The van der Waals surface area contributed by atoms with Crippen molar-refractivity contribution in [1.29, 1.82) is 0 Å². The van der Waals surface area contributed by atoms with Crippen LogP contribution in [0, 0.1) is 0 Å². The molecule has 98 valence electrons. The lowest BCUT2D eigenvalue weighted by molar-refractivity contribution is -0.183. The molecule has 0 aromatic heterocycles. The Balaban J connectivity index is 1.76. The van der Waals surface area contributed by atoms with Crippen molar-refractivity contribution in [3.8, 4) is 0 Å². The summed E-state index contributed by atoms with van der Waals surface area (Å²) in [6.07, 6.45) is -2.81. The number of cyclic esters (lactones) is 1. The van der Waals surface area contributed by atoms with Gasteiger partial charge in [0.1, 0.15) is 6.10 Å². The third kappa shape index (κ3) is 3.29. The van der Waals surface area contributed by atoms with Gasteiger partial charge in [-0.25, -0.2) is 4.79 Å². The predicted molar refractivity (Wildman–Crippen MR) is 62.6 cm³/mol. The molecular formula is C13H16O5. The molecule has 1 fully saturated rings. The zero-order chi connectivity index (χ0) is 13.0. The van der Waals surface area contributed by atoms with Crippen LogP contribution in [-0.2, 0) is 20.9 Å². The van der Waals surface area contributed by atoms with Crippen LogP contribution in [0.2, 0.25) is 0 Å². The first-order chi connectivity index (χ1) is 8.66. The lowest BCUT2D eigenvalue weighted by Crippen LogP contribution is -2.46. The molecule has 0 aliphatic carbocycles. The number of aliphatic hydroxyl groups excluding tert-OH is 2. The van der Waals surface area contributed by atoms with Crippen LogP contribution in [0.4, 0.5) is 0 Å². The molecule has 1 aliphatic rings. The summed E-state index contributed by atoms with van der Waals surface area (Å²) in [7, 11) is 0. The third-order valence-electron chi connectivity index (χ3n) is 2.81. The molecule has 0 amide bonds. The molecular weight excluding hydrogens is 236 g/mol. The number of esters is 1. The summed E-state index contributed by atoms with van der Waals surface area (Å²) in [5, 5.41) is 18.6. The lowest BCUT2D eigenvalue weighted by atomic mass is 10.0. The normalized spacial score (nSPS) is 27.9. The van der Waals surface area contributed by atoms with E-state index >= 15 is 0 Å². The van der Waals surface area contributed by atoms with Gasteiger partial charge in [-0.15, -0.1) is 0 Å². The van der Waals surface area contributed by atoms with Crippen molar-refractivity contribution in [2.75, 3.05) is 6.61 Å². The van der Waals surface area contributed by atoms with Crippen LogP contribution in [0.1, 0.15) is 12.0 Å².